The number of nitrogens with one attached hydrogen (secondary N) is 2. The Kier molecular flexibility index (Phi) is 4.63. The number of amides is 1. The Morgan fingerprint density at radius 1 is 1.26 bits per heavy atom. The normalized spacial score (nSPS) is 21.7. The Morgan fingerprint density at radius 3 is 2.70 bits per heavy atom. The highest BCUT2D eigenvalue weighted by atomic mass is 35.5. The quantitative estimate of drug-likeness (QED) is 0.703. The first kappa shape index (κ1) is 18.6. The number of thiophene rings is 1. The predicted octanol–water partition coefficient (Wildman–Crippen LogP) is 5.42. The molecule has 2 heterocycles. The minimum atomic E-state index is -0.285. The Labute approximate surface area is 169 Å². The van der Waals surface area contributed by atoms with Crippen LogP contribution in [0.1, 0.15) is 59.7 Å². The first-order chi connectivity index (χ1) is 12.8. The lowest BCUT2D eigenvalue weighted by Gasteiger charge is -2.34. The van der Waals surface area contributed by atoms with Crippen LogP contribution in [0.25, 0.3) is 0 Å². The van der Waals surface area contributed by atoms with E-state index in [4.69, 9.17) is 16.3 Å². The summed E-state index contributed by atoms with van der Waals surface area (Å²) in [5.41, 5.74) is 3.30. The van der Waals surface area contributed by atoms with Crippen LogP contribution in [0.15, 0.2) is 18.2 Å². The molecular formula is C21H25ClN2O2S. The summed E-state index contributed by atoms with van der Waals surface area (Å²) >= 11 is 8.01. The fourth-order valence-electron chi connectivity index (χ4n) is 4.07. The second-order valence-corrected chi connectivity index (χ2v) is 9.97. The van der Waals surface area contributed by atoms with Crippen molar-refractivity contribution in [3.05, 3.63) is 44.8 Å². The highest BCUT2D eigenvalue weighted by Crippen LogP contribution is 2.46. The molecule has 1 amide bonds. The summed E-state index contributed by atoms with van der Waals surface area (Å²) in [5.74, 6) is 1.29. The molecule has 0 radical (unpaired) electrons. The lowest BCUT2D eigenvalue weighted by molar-refractivity contribution is 0.0935. The van der Waals surface area contributed by atoms with Crippen LogP contribution in [0.4, 0.5) is 5.00 Å². The zero-order chi connectivity index (χ0) is 19.3. The Bertz CT molecular complexity index is 900. The molecule has 2 aliphatic rings. The van der Waals surface area contributed by atoms with Crippen molar-refractivity contribution in [2.75, 3.05) is 12.4 Å². The molecule has 1 aliphatic carbocycles. The largest absolute Gasteiger partial charge is 0.495 e. The van der Waals surface area contributed by atoms with Crippen molar-refractivity contribution >= 4 is 33.8 Å². The summed E-state index contributed by atoms with van der Waals surface area (Å²) < 4.78 is 5.22. The molecule has 2 atom stereocenters. The van der Waals surface area contributed by atoms with Crippen LogP contribution in [0.5, 0.6) is 5.75 Å². The average Bonchev–Trinajstić information content (AvgIpc) is 2.98. The molecule has 0 fully saturated rings. The van der Waals surface area contributed by atoms with E-state index in [0.717, 1.165) is 35.4 Å². The molecule has 144 valence electrons. The third-order valence-corrected chi connectivity index (χ3v) is 7.26. The number of carbonyl (C=O) groups excluding carboxylic acids is 1. The van der Waals surface area contributed by atoms with E-state index in [-0.39, 0.29) is 12.1 Å². The molecule has 0 saturated heterocycles. The van der Waals surface area contributed by atoms with Gasteiger partial charge in [-0.2, -0.15) is 0 Å². The summed E-state index contributed by atoms with van der Waals surface area (Å²) in [5, 5.41) is 8.11. The van der Waals surface area contributed by atoms with Crippen LogP contribution in [0.3, 0.4) is 0 Å². The second kappa shape index (κ2) is 6.71. The van der Waals surface area contributed by atoms with E-state index in [1.807, 2.05) is 18.2 Å². The van der Waals surface area contributed by atoms with Crippen molar-refractivity contribution < 1.29 is 9.53 Å². The van der Waals surface area contributed by atoms with Crippen molar-refractivity contribution in [2.45, 2.75) is 46.2 Å². The maximum absolute atomic E-state index is 12.9. The van der Waals surface area contributed by atoms with Gasteiger partial charge >= 0.3 is 0 Å². The van der Waals surface area contributed by atoms with Gasteiger partial charge in [-0.3, -0.25) is 4.79 Å². The third kappa shape index (κ3) is 3.32. The molecule has 1 aliphatic heterocycles. The third-order valence-electron chi connectivity index (χ3n) is 5.78. The molecule has 0 saturated carbocycles. The number of methoxy groups -OCH3 is 1. The number of hydrogen-bond acceptors (Lipinski definition) is 4. The molecule has 4 rings (SSSR count). The van der Waals surface area contributed by atoms with Crippen molar-refractivity contribution in [1.29, 1.82) is 0 Å². The monoisotopic (exact) mass is 404 g/mol. The topological polar surface area (TPSA) is 50.4 Å². The van der Waals surface area contributed by atoms with Gasteiger partial charge in [0.15, 0.2) is 0 Å². The summed E-state index contributed by atoms with van der Waals surface area (Å²) in [4.78, 5) is 14.2. The molecule has 2 aromatic rings. The molecule has 2 N–H and O–H groups in total. The van der Waals surface area contributed by atoms with Gasteiger partial charge in [0.05, 0.1) is 17.7 Å². The molecular weight excluding hydrogens is 380 g/mol. The average molecular weight is 405 g/mol. The van der Waals surface area contributed by atoms with E-state index < -0.39 is 0 Å². The van der Waals surface area contributed by atoms with Crippen LogP contribution in [-0.2, 0) is 12.8 Å². The predicted molar refractivity (Wildman–Crippen MR) is 111 cm³/mol. The van der Waals surface area contributed by atoms with E-state index in [0.29, 0.717) is 22.1 Å². The number of anilines is 1. The molecule has 1 aromatic carbocycles. The maximum atomic E-state index is 12.9. The number of fused-ring (bicyclic) bond motifs is 3. The van der Waals surface area contributed by atoms with Gasteiger partial charge in [0.1, 0.15) is 16.9 Å². The molecule has 0 spiro atoms. The van der Waals surface area contributed by atoms with Gasteiger partial charge in [0.25, 0.3) is 5.91 Å². The summed E-state index contributed by atoms with van der Waals surface area (Å²) in [6.45, 7) is 6.93. The zero-order valence-corrected chi connectivity index (χ0v) is 17.7. The number of rotatable bonds is 2. The smallest absolute Gasteiger partial charge is 0.256 e. The lowest BCUT2D eigenvalue weighted by atomic mass is 9.72. The number of benzene rings is 1. The fourth-order valence-corrected chi connectivity index (χ4v) is 5.69. The fraction of sp³-hybridized carbons (Fsp3) is 0.476. The molecule has 27 heavy (non-hydrogen) atoms. The number of hydrogen-bond donors (Lipinski definition) is 2. The van der Waals surface area contributed by atoms with Gasteiger partial charge in [0.2, 0.25) is 0 Å². The second-order valence-electron chi connectivity index (χ2n) is 8.46. The zero-order valence-electron chi connectivity index (χ0n) is 16.1. The van der Waals surface area contributed by atoms with Gasteiger partial charge in [0, 0.05) is 4.88 Å². The Hall–Kier alpha value is -1.72. The van der Waals surface area contributed by atoms with E-state index in [1.54, 1.807) is 18.4 Å². The van der Waals surface area contributed by atoms with E-state index in [9.17, 15) is 4.79 Å². The summed E-state index contributed by atoms with van der Waals surface area (Å²) in [6.07, 6.45) is 2.90. The van der Waals surface area contributed by atoms with Crippen molar-refractivity contribution in [2.24, 2.45) is 11.3 Å². The van der Waals surface area contributed by atoms with Crippen molar-refractivity contribution in [3.8, 4) is 5.75 Å². The number of halogens is 1. The highest BCUT2D eigenvalue weighted by molar-refractivity contribution is 7.16. The van der Waals surface area contributed by atoms with Crippen LogP contribution in [0.2, 0.25) is 5.02 Å². The van der Waals surface area contributed by atoms with Gasteiger partial charge in [-0.25, -0.2) is 0 Å². The minimum Gasteiger partial charge on any atom is -0.495 e. The van der Waals surface area contributed by atoms with E-state index in [2.05, 4.69) is 31.4 Å². The van der Waals surface area contributed by atoms with Crippen LogP contribution in [-0.4, -0.2) is 13.0 Å². The molecule has 6 heteroatoms. The first-order valence-corrected chi connectivity index (χ1v) is 10.5. The van der Waals surface area contributed by atoms with Crippen molar-refractivity contribution in [1.82, 2.24) is 5.32 Å². The van der Waals surface area contributed by atoms with Crippen LogP contribution < -0.4 is 15.4 Å². The first-order valence-electron chi connectivity index (χ1n) is 9.33. The molecule has 4 nitrogen and oxygen atoms in total. The Balaban J connectivity index is 1.63. The van der Waals surface area contributed by atoms with E-state index in [1.165, 1.54) is 10.4 Å². The molecule has 0 unspecified atom stereocenters. The standard InChI is InChI=1S/C21H25ClN2O2S/c1-21(2,3)12-6-7-13-16(10-12)27-20-17(13)19(25)23-18(24-20)11-5-8-15(26-4)14(22)9-11/h5,8-9,12,18,24H,6-7,10H2,1-4H3,(H,23,25)/t12-,18+/m0/s1. The van der Waals surface area contributed by atoms with E-state index >= 15 is 0 Å². The highest BCUT2D eigenvalue weighted by Gasteiger charge is 2.36. The van der Waals surface area contributed by atoms with Gasteiger partial charge < -0.3 is 15.4 Å². The molecule has 1 aromatic heterocycles. The maximum Gasteiger partial charge on any atom is 0.256 e. The number of carbonyl (C=O) groups is 1. The van der Waals surface area contributed by atoms with Crippen LogP contribution >= 0.6 is 22.9 Å². The minimum absolute atomic E-state index is 0.00685. The van der Waals surface area contributed by atoms with Crippen LogP contribution in [0, 0.1) is 11.3 Å². The summed E-state index contributed by atoms with van der Waals surface area (Å²) in [7, 11) is 1.59. The lowest BCUT2D eigenvalue weighted by Crippen LogP contribution is -2.38. The SMILES string of the molecule is COc1ccc([C@@H]2NC(=O)c3c(sc4c3CC[C@H](C(C)(C)C)C4)N2)cc1Cl. The van der Waals surface area contributed by atoms with Gasteiger partial charge in [-0.15, -0.1) is 11.3 Å². The molecule has 0 bridgehead atoms. The Morgan fingerprint density at radius 2 is 2.04 bits per heavy atom. The van der Waals surface area contributed by atoms with Gasteiger partial charge in [-0.1, -0.05) is 38.4 Å². The summed E-state index contributed by atoms with van der Waals surface area (Å²) in [6, 6.07) is 5.59. The number of ether oxygens (including phenoxy) is 1. The van der Waals surface area contributed by atoms with Gasteiger partial charge in [-0.05, 0) is 53.9 Å². The van der Waals surface area contributed by atoms with Crippen molar-refractivity contribution in [3.63, 3.8) is 0 Å².